The first-order valence-corrected chi connectivity index (χ1v) is 7.00. The predicted octanol–water partition coefficient (Wildman–Crippen LogP) is 2.66. The molecule has 1 saturated heterocycles. The number of carbonyl (C=O) groups is 1. The smallest absolute Gasteiger partial charge is 0.341 e. The van der Waals surface area contributed by atoms with Crippen molar-refractivity contribution < 1.29 is 18.0 Å². The topological polar surface area (TPSA) is 32.3 Å². The summed E-state index contributed by atoms with van der Waals surface area (Å²) in [5.74, 6) is -0.0176. The molecule has 3 nitrogen and oxygen atoms in total. The van der Waals surface area contributed by atoms with Crippen LogP contribution in [-0.2, 0) is 17.5 Å². The maximum Gasteiger partial charge on any atom is 0.416 e. The second kappa shape index (κ2) is 6.47. The van der Waals surface area contributed by atoms with E-state index in [0.717, 1.165) is 38.1 Å². The summed E-state index contributed by atoms with van der Waals surface area (Å²) in [5.41, 5.74) is -0.183. The summed E-state index contributed by atoms with van der Waals surface area (Å²) in [6.45, 7) is 1.83. The molecule has 6 heteroatoms. The van der Waals surface area contributed by atoms with Gasteiger partial charge in [0.15, 0.2) is 0 Å². The quantitative estimate of drug-likeness (QED) is 0.931. The third-order valence-electron chi connectivity index (χ3n) is 3.74. The van der Waals surface area contributed by atoms with Gasteiger partial charge in [0.1, 0.15) is 0 Å². The van der Waals surface area contributed by atoms with Crippen LogP contribution in [0.5, 0.6) is 0 Å². The van der Waals surface area contributed by atoms with Crippen molar-refractivity contribution in [3.8, 4) is 0 Å². The first-order valence-electron chi connectivity index (χ1n) is 7.00. The summed E-state index contributed by atoms with van der Waals surface area (Å²) in [5, 5.41) is 3.19. The molecule has 1 fully saturated rings. The van der Waals surface area contributed by atoms with Crippen molar-refractivity contribution in [3.05, 3.63) is 35.4 Å². The monoisotopic (exact) mass is 300 g/mol. The van der Waals surface area contributed by atoms with Gasteiger partial charge < -0.3 is 10.2 Å². The Morgan fingerprint density at radius 3 is 2.62 bits per heavy atom. The molecule has 0 aliphatic carbocycles. The van der Waals surface area contributed by atoms with Crippen LogP contribution in [0.15, 0.2) is 24.3 Å². The van der Waals surface area contributed by atoms with Crippen molar-refractivity contribution in [3.63, 3.8) is 0 Å². The minimum atomic E-state index is -4.35. The SMILES string of the molecule is CN(Cc1cccc(C(F)(F)F)c1)C(=O)C1CCNCC1. The normalized spacial score (nSPS) is 16.8. The van der Waals surface area contributed by atoms with Crippen molar-refractivity contribution in [1.82, 2.24) is 10.2 Å². The first-order chi connectivity index (χ1) is 9.88. The molecule has 2 rings (SSSR count). The Morgan fingerprint density at radius 2 is 2.00 bits per heavy atom. The Hall–Kier alpha value is -1.56. The van der Waals surface area contributed by atoms with Gasteiger partial charge in [0.25, 0.3) is 0 Å². The Morgan fingerprint density at radius 1 is 1.33 bits per heavy atom. The minimum Gasteiger partial charge on any atom is -0.341 e. The molecule has 0 unspecified atom stereocenters. The lowest BCUT2D eigenvalue weighted by molar-refractivity contribution is -0.137. The van der Waals surface area contributed by atoms with Gasteiger partial charge in [-0.2, -0.15) is 13.2 Å². The van der Waals surface area contributed by atoms with Crippen molar-refractivity contribution in [2.45, 2.75) is 25.6 Å². The van der Waals surface area contributed by atoms with Gasteiger partial charge in [-0.25, -0.2) is 0 Å². The zero-order valence-corrected chi connectivity index (χ0v) is 11.9. The number of hydrogen-bond acceptors (Lipinski definition) is 2. The third-order valence-corrected chi connectivity index (χ3v) is 3.74. The molecule has 0 spiro atoms. The summed E-state index contributed by atoms with van der Waals surface area (Å²) >= 11 is 0. The second-order valence-electron chi connectivity index (χ2n) is 5.42. The van der Waals surface area contributed by atoms with E-state index in [1.165, 1.54) is 11.0 Å². The van der Waals surface area contributed by atoms with Crippen molar-refractivity contribution in [1.29, 1.82) is 0 Å². The van der Waals surface area contributed by atoms with Gasteiger partial charge in [-0.1, -0.05) is 12.1 Å². The van der Waals surface area contributed by atoms with E-state index < -0.39 is 11.7 Å². The van der Waals surface area contributed by atoms with Gasteiger partial charge in [-0.3, -0.25) is 4.79 Å². The van der Waals surface area contributed by atoms with Crippen LogP contribution in [0, 0.1) is 5.92 Å². The van der Waals surface area contributed by atoms with E-state index in [1.807, 2.05) is 0 Å². The van der Waals surface area contributed by atoms with Gasteiger partial charge in [0.2, 0.25) is 5.91 Å². The minimum absolute atomic E-state index is 0.00825. The molecule has 1 N–H and O–H groups in total. The molecule has 21 heavy (non-hydrogen) atoms. The van der Waals surface area contributed by atoms with Crippen LogP contribution in [0.1, 0.15) is 24.0 Å². The number of nitrogens with one attached hydrogen (secondary N) is 1. The molecule has 0 aromatic heterocycles. The van der Waals surface area contributed by atoms with E-state index in [2.05, 4.69) is 5.32 Å². The number of hydrogen-bond donors (Lipinski definition) is 1. The highest BCUT2D eigenvalue weighted by molar-refractivity contribution is 5.78. The molecule has 1 amide bonds. The van der Waals surface area contributed by atoms with E-state index in [1.54, 1.807) is 13.1 Å². The molecular weight excluding hydrogens is 281 g/mol. The number of nitrogens with zero attached hydrogens (tertiary/aromatic N) is 1. The summed E-state index contributed by atoms with van der Waals surface area (Å²) in [6.07, 6.45) is -2.79. The number of rotatable bonds is 3. The molecule has 1 heterocycles. The van der Waals surface area contributed by atoms with Crippen LogP contribution < -0.4 is 5.32 Å². The third kappa shape index (κ3) is 4.20. The first kappa shape index (κ1) is 15.8. The summed E-state index contributed by atoms with van der Waals surface area (Å²) < 4.78 is 38.0. The second-order valence-corrected chi connectivity index (χ2v) is 5.42. The Labute approximate surface area is 122 Å². The van der Waals surface area contributed by atoms with Gasteiger partial charge >= 0.3 is 6.18 Å². The van der Waals surface area contributed by atoms with Crippen LogP contribution in [0.2, 0.25) is 0 Å². The van der Waals surface area contributed by atoms with Crippen LogP contribution in [0.3, 0.4) is 0 Å². The Balaban J connectivity index is 2.02. The Kier molecular flexibility index (Phi) is 4.88. The largest absolute Gasteiger partial charge is 0.416 e. The fraction of sp³-hybridized carbons (Fsp3) is 0.533. The van der Waals surface area contributed by atoms with Crippen molar-refractivity contribution in [2.75, 3.05) is 20.1 Å². The number of carbonyl (C=O) groups excluding carboxylic acids is 1. The standard InChI is InChI=1S/C15H19F3N2O/c1-20(14(21)12-5-7-19-8-6-12)10-11-3-2-4-13(9-11)15(16,17)18/h2-4,9,12,19H,5-8,10H2,1H3. The lowest BCUT2D eigenvalue weighted by Gasteiger charge is -2.27. The Bertz CT molecular complexity index is 496. The molecule has 1 aliphatic rings. The van der Waals surface area contributed by atoms with E-state index in [9.17, 15) is 18.0 Å². The number of amides is 1. The molecular formula is C15H19F3N2O. The number of piperidine rings is 1. The average Bonchev–Trinajstić information content (AvgIpc) is 2.47. The van der Waals surface area contributed by atoms with E-state index in [4.69, 9.17) is 0 Å². The molecule has 1 aromatic rings. The summed E-state index contributed by atoms with van der Waals surface area (Å²) in [7, 11) is 1.64. The maximum absolute atomic E-state index is 12.7. The lowest BCUT2D eigenvalue weighted by Crippen LogP contribution is -2.38. The van der Waals surface area contributed by atoms with Crippen molar-refractivity contribution in [2.24, 2.45) is 5.92 Å². The molecule has 0 atom stereocenters. The number of halogens is 3. The maximum atomic E-state index is 12.7. The van der Waals surface area contributed by atoms with E-state index in [0.29, 0.717) is 5.56 Å². The highest BCUT2D eigenvalue weighted by Crippen LogP contribution is 2.29. The molecule has 1 aromatic carbocycles. The fourth-order valence-corrected chi connectivity index (χ4v) is 2.58. The van der Waals surface area contributed by atoms with Crippen LogP contribution in [0.25, 0.3) is 0 Å². The average molecular weight is 300 g/mol. The fourth-order valence-electron chi connectivity index (χ4n) is 2.58. The predicted molar refractivity (Wildman–Crippen MR) is 73.5 cm³/mol. The molecule has 1 aliphatic heterocycles. The van der Waals surface area contributed by atoms with Gasteiger partial charge in [-0.15, -0.1) is 0 Å². The van der Waals surface area contributed by atoms with Gasteiger partial charge in [0.05, 0.1) is 5.56 Å². The van der Waals surface area contributed by atoms with E-state index in [-0.39, 0.29) is 18.4 Å². The zero-order chi connectivity index (χ0) is 15.5. The molecule has 0 bridgehead atoms. The van der Waals surface area contributed by atoms with Gasteiger partial charge in [-0.05, 0) is 43.6 Å². The van der Waals surface area contributed by atoms with E-state index >= 15 is 0 Å². The molecule has 116 valence electrons. The number of benzene rings is 1. The molecule has 0 saturated carbocycles. The lowest BCUT2D eigenvalue weighted by atomic mass is 9.96. The number of alkyl halides is 3. The zero-order valence-electron chi connectivity index (χ0n) is 11.9. The van der Waals surface area contributed by atoms with Crippen LogP contribution in [0.4, 0.5) is 13.2 Å². The van der Waals surface area contributed by atoms with Crippen LogP contribution >= 0.6 is 0 Å². The summed E-state index contributed by atoms with van der Waals surface area (Å²) in [4.78, 5) is 13.8. The van der Waals surface area contributed by atoms with Gasteiger partial charge in [0, 0.05) is 19.5 Å². The highest BCUT2D eigenvalue weighted by Gasteiger charge is 2.30. The van der Waals surface area contributed by atoms with Crippen LogP contribution in [-0.4, -0.2) is 30.9 Å². The van der Waals surface area contributed by atoms with Crippen molar-refractivity contribution >= 4 is 5.91 Å². The summed E-state index contributed by atoms with van der Waals surface area (Å²) in [6, 6.07) is 5.13. The molecule has 0 radical (unpaired) electrons. The highest BCUT2D eigenvalue weighted by atomic mass is 19.4.